The van der Waals surface area contributed by atoms with Gasteiger partial charge in [-0.25, -0.2) is 0 Å². The second kappa shape index (κ2) is 7.23. The third-order valence-corrected chi connectivity index (χ3v) is 4.63. The molecule has 0 amide bonds. The summed E-state index contributed by atoms with van der Waals surface area (Å²) >= 11 is 0. The van der Waals surface area contributed by atoms with Crippen LogP contribution in [0.15, 0.2) is 35.9 Å². The maximum Gasteiger partial charge on any atom is 0.181 e. The summed E-state index contributed by atoms with van der Waals surface area (Å²) < 4.78 is 10.8. The van der Waals surface area contributed by atoms with E-state index in [1.807, 2.05) is 19.9 Å². The Hall–Kier alpha value is -3.15. The summed E-state index contributed by atoms with van der Waals surface area (Å²) in [6.45, 7) is 3.95. The third kappa shape index (κ3) is 3.43. The zero-order chi connectivity index (χ0) is 19.7. The van der Waals surface area contributed by atoms with E-state index in [1.54, 1.807) is 12.1 Å². The normalized spacial score (nSPS) is 15.7. The first-order valence-corrected chi connectivity index (χ1v) is 8.58. The molecule has 1 aliphatic rings. The van der Waals surface area contributed by atoms with Crippen molar-refractivity contribution in [1.29, 1.82) is 0 Å². The summed E-state index contributed by atoms with van der Waals surface area (Å²) in [5, 5.41) is 30.3. The Kier molecular flexibility index (Phi) is 4.99. The molecular weight excluding hydrogens is 348 g/mol. The van der Waals surface area contributed by atoms with E-state index in [4.69, 9.17) is 9.47 Å². The van der Waals surface area contributed by atoms with Gasteiger partial charge in [-0.1, -0.05) is 17.7 Å². The number of ketones is 1. The second-order valence-corrected chi connectivity index (χ2v) is 6.74. The summed E-state index contributed by atoms with van der Waals surface area (Å²) in [6, 6.07) is 5.76. The van der Waals surface area contributed by atoms with Gasteiger partial charge in [-0.2, -0.15) is 0 Å². The molecule has 6 nitrogen and oxygen atoms in total. The highest BCUT2D eigenvalue weighted by atomic mass is 16.5. The molecule has 27 heavy (non-hydrogen) atoms. The fourth-order valence-corrected chi connectivity index (χ4v) is 3.24. The number of phenolic OH excluding ortho intramolecular Hbond substituents is 3. The van der Waals surface area contributed by atoms with E-state index in [2.05, 4.69) is 0 Å². The zero-order valence-corrected chi connectivity index (χ0v) is 15.4. The number of hydrogen-bond acceptors (Lipinski definition) is 6. The van der Waals surface area contributed by atoms with E-state index in [-0.39, 0.29) is 41.0 Å². The number of allylic oxidation sites excluding steroid dienone is 2. The molecule has 0 fully saturated rings. The number of carbonyl (C=O) groups is 1. The standard InChI is InChI=1S/C21H22O6/c1-11(2)4-5-14-13(6-7-17(26-3)20(14)24)15-10-27-18-9-12(22)8-16(23)19(18)21(15)25/h4,6-9,15,22-24H,5,10H2,1-3H3/t15-/m1/s1. The molecule has 1 heterocycles. The van der Waals surface area contributed by atoms with Crippen LogP contribution in [0.4, 0.5) is 0 Å². The summed E-state index contributed by atoms with van der Waals surface area (Å²) in [6.07, 6.45) is 2.38. The molecule has 2 aromatic rings. The van der Waals surface area contributed by atoms with Crippen molar-refractivity contribution in [3.63, 3.8) is 0 Å². The molecule has 142 valence electrons. The van der Waals surface area contributed by atoms with Crippen molar-refractivity contribution in [2.75, 3.05) is 13.7 Å². The maximum absolute atomic E-state index is 13.1. The highest BCUT2D eigenvalue weighted by Gasteiger charge is 2.35. The van der Waals surface area contributed by atoms with Crippen molar-refractivity contribution in [2.45, 2.75) is 26.2 Å². The molecule has 0 saturated carbocycles. The van der Waals surface area contributed by atoms with E-state index in [9.17, 15) is 20.1 Å². The van der Waals surface area contributed by atoms with Crippen molar-refractivity contribution in [3.8, 4) is 28.7 Å². The van der Waals surface area contributed by atoms with E-state index in [1.165, 1.54) is 13.2 Å². The largest absolute Gasteiger partial charge is 0.508 e. The summed E-state index contributed by atoms with van der Waals surface area (Å²) in [5.74, 6) is -1.05. The molecule has 0 aliphatic carbocycles. The lowest BCUT2D eigenvalue weighted by Crippen LogP contribution is -2.27. The fraction of sp³-hybridized carbons (Fsp3) is 0.286. The van der Waals surface area contributed by atoms with Crippen LogP contribution in [0.2, 0.25) is 0 Å². The van der Waals surface area contributed by atoms with Gasteiger partial charge in [0, 0.05) is 17.7 Å². The van der Waals surface area contributed by atoms with Crippen LogP contribution in [0.5, 0.6) is 28.7 Å². The molecule has 0 spiro atoms. The first-order chi connectivity index (χ1) is 12.8. The van der Waals surface area contributed by atoms with Crippen LogP contribution in [-0.2, 0) is 6.42 Å². The number of fused-ring (bicyclic) bond motifs is 1. The van der Waals surface area contributed by atoms with Crippen LogP contribution in [0.25, 0.3) is 0 Å². The number of carbonyl (C=O) groups excluding carboxylic acids is 1. The van der Waals surface area contributed by atoms with E-state index >= 15 is 0 Å². The summed E-state index contributed by atoms with van der Waals surface area (Å²) in [4.78, 5) is 13.1. The minimum Gasteiger partial charge on any atom is -0.508 e. The summed E-state index contributed by atoms with van der Waals surface area (Å²) in [5.41, 5.74) is 2.31. The minimum absolute atomic E-state index is 0.0129. The highest BCUT2D eigenvalue weighted by Crippen LogP contribution is 2.43. The third-order valence-electron chi connectivity index (χ3n) is 4.63. The van der Waals surface area contributed by atoms with Gasteiger partial charge in [0.2, 0.25) is 0 Å². The first-order valence-electron chi connectivity index (χ1n) is 8.58. The minimum atomic E-state index is -0.690. The number of hydrogen-bond donors (Lipinski definition) is 3. The SMILES string of the molecule is COc1ccc([C@H]2COc3cc(O)cc(O)c3C2=O)c(CC=C(C)C)c1O. The van der Waals surface area contributed by atoms with Crippen LogP contribution >= 0.6 is 0 Å². The number of Topliss-reactive ketones (excluding diaryl/α,β-unsaturated/α-hetero) is 1. The average molecular weight is 370 g/mol. The topological polar surface area (TPSA) is 96.2 Å². The first kappa shape index (κ1) is 18.6. The Morgan fingerprint density at radius 3 is 2.67 bits per heavy atom. The van der Waals surface area contributed by atoms with Gasteiger partial charge in [-0.05, 0) is 31.9 Å². The Bertz CT molecular complexity index is 925. The highest BCUT2D eigenvalue weighted by molar-refractivity contribution is 6.06. The predicted octanol–water partition coefficient (Wildman–Crippen LogP) is 3.68. The van der Waals surface area contributed by atoms with E-state index in [0.29, 0.717) is 23.3 Å². The van der Waals surface area contributed by atoms with Crippen LogP contribution < -0.4 is 9.47 Å². The molecule has 2 aromatic carbocycles. The van der Waals surface area contributed by atoms with Crippen molar-refractivity contribution >= 4 is 5.78 Å². The maximum atomic E-state index is 13.1. The predicted molar refractivity (Wildman–Crippen MR) is 100 cm³/mol. The molecule has 3 N–H and O–H groups in total. The number of rotatable bonds is 4. The number of aromatic hydroxyl groups is 3. The molecule has 0 radical (unpaired) electrons. The fourth-order valence-electron chi connectivity index (χ4n) is 3.24. The Morgan fingerprint density at radius 2 is 2.00 bits per heavy atom. The van der Waals surface area contributed by atoms with Gasteiger partial charge >= 0.3 is 0 Å². The Balaban J connectivity index is 2.10. The number of benzene rings is 2. The van der Waals surface area contributed by atoms with Crippen molar-refractivity contribution in [3.05, 3.63) is 52.6 Å². The molecule has 6 heteroatoms. The van der Waals surface area contributed by atoms with Crippen molar-refractivity contribution in [1.82, 2.24) is 0 Å². The Labute approximate surface area is 157 Å². The molecule has 0 aromatic heterocycles. The lowest BCUT2D eigenvalue weighted by atomic mass is 9.84. The van der Waals surface area contributed by atoms with Gasteiger partial charge in [-0.15, -0.1) is 0 Å². The van der Waals surface area contributed by atoms with Crippen molar-refractivity contribution < 1.29 is 29.6 Å². The number of ether oxygens (including phenoxy) is 2. The van der Waals surface area contributed by atoms with E-state index < -0.39 is 5.92 Å². The molecular formula is C21H22O6. The van der Waals surface area contributed by atoms with Gasteiger partial charge in [0.1, 0.15) is 29.4 Å². The smallest absolute Gasteiger partial charge is 0.181 e. The Morgan fingerprint density at radius 1 is 1.26 bits per heavy atom. The van der Waals surface area contributed by atoms with Crippen LogP contribution in [-0.4, -0.2) is 34.8 Å². The second-order valence-electron chi connectivity index (χ2n) is 6.74. The van der Waals surface area contributed by atoms with Gasteiger partial charge < -0.3 is 24.8 Å². The molecule has 1 aliphatic heterocycles. The quantitative estimate of drug-likeness (QED) is 0.711. The van der Waals surface area contributed by atoms with Gasteiger partial charge in [0.05, 0.1) is 13.0 Å². The van der Waals surface area contributed by atoms with Gasteiger partial charge in [0.15, 0.2) is 17.3 Å². The van der Waals surface area contributed by atoms with Crippen LogP contribution in [0.1, 0.15) is 41.3 Å². The molecule has 0 unspecified atom stereocenters. The molecule has 3 rings (SSSR count). The van der Waals surface area contributed by atoms with E-state index in [0.717, 1.165) is 11.6 Å². The van der Waals surface area contributed by atoms with Crippen LogP contribution in [0, 0.1) is 0 Å². The lowest BCUT2D eigenvalue weighted by molar-refractivity contribution is 0.0891. The van der Waals surface area contributed by atoms with Crippen LogP contribution in [0.3, 0.4) is 0 Å². The molecule has 0 saturated heterocycles. The van der Waals surface area contributed by atoms with Gasteiger partial charge in [-0.3, -0.25) is 4.79 Å². The van der Waals surface area contributed by atoms with Gasteiger partial charge in [0.25, 0.3) is 0 Å². The summed E-state index contributed by atoms with van der Waals surface area (Å²) in [7, 11) is 1.47. The zero-order valence-electron chi connectivity index (χ0n) is 15.4. The lowest BCUT2D eigenvalue weighted by Gasteiger charge is -2.27. The molecule has 1 atom stereocenters. The average Bonchev–Trinajstić information content (AvgIpc) is 2.60. The monoisotopic (exact) mass is 370 g/mol. The number of phenols is 3. The number of methoxy groups -OCH3 is 1. The van der Waals surface area contributed by atoms with Crippen molar-refractivity contribution in [2.24, 2.45) is 0 Å². The molecule has 0 bridgehead atoms.